The molecule has 0 aliphatic heterocycles. The fourth-order valence-corrected chi connectivity index (χ4v) is 3.65. The van der Waals surface area contributed by atoms with Crippen LogP contribution < -0.4 is 0 Å². The van der Waals surface area contributed by atoms with Crippen molar-refractivity contribution in [2.75, 3.05) is 19.7 Å². The molecule has 0 spiro atoms. The van der Waals surface area contributed by atoms with Crippen molar-refractivity contribution >= 4 is 24.7 Å². The summed E-state index contributed by atoms with van der Waals surface area (Å²) in [5.41, 5.74) is 0.473. The van der Waals surface area contributed by atoms with Crippen LogP contribution in [0.3, 0.4) is 0 Å². The highest BCUT2D eigenvalue weighted by Gasteiger charge is 2.37. The van der Waals surface area contributed by atoms with Crippen molar-refractivity contribution in [2.24, 2.45) is 0 Å². The van der Waals surface area contributed by atoms with Crippen molar-refractivity contribution in [2.45, 2.75) is 19.4 Å². The molecule has 0 aromatic heterocycles. The Bertz CT molecular complexity index is 89.8. The molecule has 3 nitrogen and oxygen atoms in total. The van der Waals surface area contributed by atoms with Crippen molar-refractivity contribution in [1.82, 2.24) is 0 Å². The van der Waals surface area contributed by atoms with Crippen LogP contribution in [0.1, 0.15) is 13.3 Å². The topological polar surface area (TPSA) is 27.7 Å². The molecule has 0 amide bonds. The molecule has 0 bridgehead atoms. The summed E-state index contributed by atoms with van der Waals surface area (Å²) >= 11 is 3.19. The maximum atomic E-state index is 5.38. The summed E-state index contributed by atoms with van der Waals surface area (Å²) < 4.78 is 15.8. The molecule has 0 atom stereocenters. The summed E-state index contributed by atoms with van der Waals surface area (Å²) in [5.74, 6) is 0. The maximum Gasteiger partial charge on any atom is 0.501 e. The summed E-state index contributed by atoms with van der Waals surface area (Å²) in [6.45, 7) is 2.08. The van der Waals surface area contributed by atoms with Gasteiger partial charge in [-0.05, 0) is 0 Å². The Kier molecular flexibility index (Phi) is 6.45. The minimum absolute atomic E-state index is 0.473. The summed E-state index contributed by atoms with van der Waals surface area (Å²) in [4.78, 5) is 0. The average Bonchev–Trinajstić information content (AvgIpc) is 2.04. The first kappa shape index (κ1) is 11.6. The molecule has 0 aliphatic rings. The van der Waals surface area contributed by atoms with Gasteiger partial charge in [0.15, 0.2) is 0 Å². The van der Waals surface area contributed by atoms with Gasteiger partial charge in [0.05, 0.1) is 5.52 Å². The third-order valence-electron chi connectivity index (χ3n) is 1.45. The fraction of sp³-hybridized carbons (Fsp3) is 1.00. The van der Waals surface area contributed by atoms with E-state index in [-0.39, 0.29) is 0 Å². The molecule has 0 fully saturated rings. The molecule has 0 saturated carbocycles. The van der Waals surface area contributed by atoms with E-state index in [1.807, 2.05) is 0 Å². The number of halogens is 1. The summed E-state index contributed by atoms with van der Waals surface area (Å²) in [5, 5.41) is 0. The minimum atomic E-state index is -2.29. The van der Waals surface area contributed by atoms with E-state index in [1.54, 1.807) is 14.2 Å². The monoisotopic (exact) mass is 242 g/mol. The van der Waals surface area contributed by atoms with Gasteiger partial charge in [0.25, 0.3) is 0 Å². The molecule has 0 aliphatic carbocycles. The van der Waals surface area contributed by atoms with Crippen LogP contribution in [0.5, 0.6) is 0 Å². The number of alkyl halides is 1. The number of hydrogen-bond acceptors (Lipinski definition) is 3. The predicted molar refractivity (Wildman–Crippen MR) is 49.7 cm³/mol. The lowest BCUT2D eigenvalue weighted by molar-refractivity contribution is 0.119. The van der Waals surface area contributed by atoms with Crippen molar-refractivity contribution in [3.63, 3.8) is 0 Å². The second-order valence-corrected chi connectivity index (χ2v) is 5.52. The first-order valence-electron chi connectivity index (χ1n) is 3.55. The van der Waals surface area contributed by atoms with E-state index >= 15 is 0 Å². The molecule has 0 N–H and O–H groups in total. The Morgan fingerprint density at radius 3 is 2.09 bits per heavy atom. The van der Waals surface area contributed by atoms with Crippen LogP contribution in [0, 0.1) is 0 Å². The maximum absolute atomic E-state index is 5.38. The zero-order chi connectivity index (χ0) is 8.74. The zero-order valence-corrected chi connectivity index (χ0v) is 9.81. The Balaban J connectivity index is 3.96. The van der Waals surface area contributed by atoms with Crippen LogP contribution in [0.15, 0.2) is 0 Å². The average molecular weight is 243 g/mol. The highest BCUT2D eigenvalue weighted by atomic mass is 79.9. The highest BCUT2D eigenvalue weighted by Crippen LogP contribution is 2.16. The Morgan fingerprint density at radius 1 is 1.27 bits per heavy atom. The normalized spacial score (nSPS) is 12.0. The zero-order valence-electron chi connectivity index (χ0n) is 7.22. The van der Waals surface area contributed by atoms with Crippen LogP contribution in [-0.2, 0) is 13.3 Å². The van der Waals surface area contributed by atoms with Crippen LogP contribution in [0.25, 0.3) is 0 Å². The quantitative estimate of drug-likeness (QED) is 0.527. The van der Waals surface area contributed by atoms with E-state index in [1.165, 1.54) is 0 Å². The second-order valence-electron chi connectivity index (χ2n) is 2.09. The van der Waals surface area contributed by atoms with Gasteiger partial charge in [0.2, 0.25) is 0 Å². The number of hydrogen-bond donors (Lipinski definition) is 0. The van der Waals surface area contributed by atoms with Gasteiger partial charge in [-0.1, -0.05) is 29.3 Å². The molecule has 0 rings (SSSR count). The Labute approximate surface area is 77.5 Å². The predicted octanol–water partition coefficient (Wildman–Crippen LogP) is 2.00. The van der Waals surface area contributed by atoms with Crippen molar-refractivity contribution < 1.29 is 13.3 Å². The van der Waals surface area contributed by atoms with E-state index in [2.05, 4.69) is 22.9 Å². The molecule has 0 heterocycles. The molecular weight excluding hydrogens is 228 g/mol. The summed E-state index contributed by atoms with van der Waals surface area (Å²) in [7, 11) is 0.976. The second kappa shape index (κ2) is 6.13. The third kappa shape index (κ3) is 3.66. The lowest BCUT2D eigenvalue weighted by Crippen LogP contribution is -2.43. The summed E-state index contributed by atoms with van der Waals surface area (Å²) in [6.07, 6.45) is 1.01. The SMILES string of the molecule is CCC[Si](OC)(OC)OCBr. The lowest BCUT2D eigenvalue weighted by atomic mass is 10.6. The van der Waals surface area contributed by atoms with Crippen LogP contribution in [0.2, 0.25) is 6.04 Å². The van der Waals surface area contributed by atoms with Gasteiger partial charge in [0.1, 0.15) is 0 Å². The van der Waals surface area contributed by atoms with Crippen molar-refractivity contribution in [3.8, 4) is 0 Å². The van der Waals surface area contributed by atoms with Gasteiger partial charge in [-0.15, -0.1) is 0 Å². The van der Waals surface area contributed by atoms with E-state index in [0.29, 0.717) is 5.52 Å². The Morgan fingerprint density at radius 2 is 1.82 bits per heavy atom. The van der Waals surface area contributed by atoms with E-state index in [9.17, 15) is 0 Å². The van der Waals surface area contributed by atoms with E-state index in [0.717, 1.165) is 12.5 Å². The first-order valence-corrected chi connectivity index (χ1v) is 6.60. The first-order chi connectivity index (χ1) is 5.24. The van der Waals surface area contributed by atoms with Gasteiger partial charge in [-0.3, -0.25) is 0 Å². The van der Waals surface area contributed by atoms with Crippen molar-refractivity contribution in [3.05, 3.63) is 0 Å². The molecule has 0 unspecified atom stereocenters. The van der Waals surface area contributed by atoms with E-state index in [4.69, 9.17) is 13.3 Å². The van der Waals surface area contributed by atoms with Crippen LogP contribution >= 0.6 is 15.9 Å². The Hall–Kier alpha value is 0.577. The van der Waals surface area contributed by atoms with Crippen LogP contribution in [-0.4, -0.2) is 28.5 Å². The summed E-state index contributed by atoms with van der Waals surface area (Å²) in [6, 6.07) is 0.867. The highest BCUT2D eigenvalue weighted by molar-refractivity contribution is 9.09. The molecule has 68 valence electrons. The molecular formula is C6H15BrO3Si. The standard InChI is InChI=1S/C6H15BrO3Si/c1-4-5-11(8-2,9-3)10-6-7/h4-6H2,1-3H3. The van der Waals surface area contributed by atoms with Gasteiger partial charge < -0.3 is 13.3 Å². The molecule has 0 radical (unpaired) electrons. The van der Waals surface area contributed by atoms with Gasteiger partial charge in [-0.2, -0.15) is 0 Å². The van der Waals surface area contributed by atoms with Crippen molar-refractivity contribution in [1.29, 1.82) is 0 Å². The van der Waals surface area contributed by atoms with Gasteiger partial charge in [-0.25, -0.2) is 0 Å². The number of rotatable bonds is 6. The third-order valence-corrected chi connectivity index (χ3v) is 5.04. The van der Waals surface area contributed by atoms with Gasteiger partial charge in [0, 0.05) is 20.3 Å². The minimum Gasteiger partial charge on any atom is -0.377 e. The smallest absolute Gasteiger partial charge is 0.377 e. The van der Waals surface area contributed by atoms with Gasteiger partial charge >= 0.3 is 8.80 Å². The molecule has 5 heteroatoms. The molecule has 0 saturated heterocycles. The molecule has 0 aromatic carbocycles. The lowest BCUT2D eigenvalue weighted by Gasteiger charge is -2.24. The largest absolute Gasteiger partial charge is 0.501 e. The van der Waals surface area contributed by atoms with E-state index < -0.39 is 8.80 Å². The fourth-order valence-electron chi connectivity index (χ4n) is 0.867. The van der Waals surface area contributed by atoms with Crippen LogP contribution in [0.4, 0.5) is 0 Å². The molecule has 0 aromatic rings. The molecule has 11 heavy (non-hydrogen) atoms.